The van der Waals surface area contributed by atoms with Crippen LogP contribution in [0, 0.1) is 0 Å². The smallest absolute Gasteiger partial charge is 0.240 e. The van der Waals surface area contributed by atoms with Crippen molar-refractivity contribution in [1.82, 2.24) is 15.2 Å². The number of thioether (sulfide) groups is 1. The van der Waals surface area contributed by atoms with Gasteiger partial charge in [-0.05, 0) is 18.1 Å². The van der Waals surface area contributed by atoms with E-state index < -0.39 is 0 Å². The highest BCUT2D eigenvalue weighted by Crippen LogP contribution is 2.36. The van der Waals surface area contributed by atoms with Gasteiger partial charge in [-0.1, -0.05) is 18.2 Å². The van der Waals surface area contributed by atoms with E-state index in [1.165, 1.54) is 16.8 Å². The summed E-state index contributed by atoms with van der Waals surface area (Å²) in [5.41, 5.74) is 1.23. The van der Waals surface area contributed by atoms with Gasteiger partial charge in [0, 0.05) is 4.90 Å². The van der Waals surface area contributed by atoms with Gasteiger partial charge in [-0.15, -0.1) is 11.8 Å². The summed E-state index contributed by atoms with van der Waals surface area (Å²) in [7, 11) is 0. The molecule has 2 N–H and O–H groups in total. The van der Waals surface area contributed by atoms with E-state index in [4.69, 9.17) is 0 Å². The first-order valence-electron chi connectivity index (χ1n) is 5.24. The maximum absolute atomic E-state index is 12.0. The van der Waals surface area contributed by atoms with E-state index in [-0.39, 0.29) is 11.2 Å². The molecule has 0 fully saturated rings. The Morgan fingerprint density at radius 1 is 1.47 bits per heavy atom. The van der Waals surface area contributed by atoms with Gasteiger partial charge in [-0.3, -0.25) is 10.1 Å². The molecule has 0 saturated heterocycles. The van der Waals surface area contributed by atoms with Gasteiger partial charge >= 0.3 is 0 Å². The lowest BCUT2D eigenvalue weighted by molar-refractivity contribution is -0.115. The average molecular weight is 246 g/mol. The van der Waals surface area contributed by atoms with Crippen LogP contribution in [-0.4, -0.2) is 26.3 Å². The van der Waals surface area contributed by atoms with Crippen molar-refractivity contribution in [2.45, 2.75) is 16.6 Å². The first-order chi connectivity index (χ1) is 8.33. The van der Waals surface area contributed by atoms with E-state index in [0.29, 0.717) is 5.95 Å². The molecule has 1 aromatic heterocycles. The van der Waals surface area contributed by atoms with Crippen LogP contribution in [-0.2, 0) is 11.2 Å². The van der Waals surface area contributed by atoms with Crippen LogP contribution in [0.1, 0.15) is 5.56 Å². The monoisotopic (exact) mass is 246 g/mol. The highest BCUT2D eigenvalue weighted by Gasteiger charge is 2.28. The van der Waals surface area contributed by atoms with Crippen LogP contribution < -0.4 is 5.32 Å². The van der Waals surface area contributed by atoms with Crippen molar-refractivity contribution in [3.05, 3.63) is 36.2 Å². The Hall–Kier alpha value is -1.82. The molecule has 0 spiro atoms. The summed E-state index contributed by atoms with van der Waals surface area (Å²) in [5.74, 6) is 0.356. The van der Waals surface area contributed by atoms with Gasteiger partial charge < -0.3 is 0 Å². The number of benzene rings is 1. The summed E-state index contributed by atoms with van der Waals surface area (Å²) in [6.45, 7) is 0. The summed E-state index contributed by atoms with van der Waals surface area (Å²) in [5, 5.41) is 8.92. The molecule has 1 aliphatic heterocycles. The van der Waals surface area contributed by atoms with Crippen molar-refractivity contribution in [3.63, 3.8) is 0 Å². The standard InChI is InChI=1S/C11H10N4OS/c16-10(14-11-12-6-13-15-11)9-5-7-3-1-2-4-8(7)17-9/h1-4,6,9H,5H2,(H2,12,13,14,15,16)/t9-/m0/s1. The Balaban J connectivity index is 1.70. The molecule has 0 bridgehead atoms. The first kappa shape index (κ1) is 10.3. The number of nitrogens with zero attached hydrogens (tertiary/aromatic N) is 2. The summed E-state index contributed by atoms with van der Waals surface area (Å²) < 4.78 is 0. The zero-order chi connectivity index (χ0) is 11.7. The molecule has 17 heavy (non-hydrogen) atoms. The topological polar surface area (TPSA) is 70.7 Å². The fraction of sp³-hybridized carbons (Fsp3) is 0.182. The van der Waals surface area contributed by atoms with Gasteiger partial charge in [0.25, 0.3) is 0 Å². The lowest BCUT2D eigenvalue weighted by atomic mass is 10.1. The predicted octanol–water partition coefficient (Wildman–Crippen LogP) is 1.46. The number of H-pyrrole nitrogens is 1. The molecule has 1 atom stereocenters. The van der Waals surface area contributed by atoms with E-state index in [1.54, 1.807) is 11.8 Å². The predicted molar refractivity (Wildman–Crippen MR) is 64.8 cm³/mol. The molecule has 1 amide bonds. The normalized spacial score (nSPS) is 17.8. The van der Waals surface area contributed by atoms with Crippen molar-refractivity contribution < 1.29 is 4.79 Å². The van der Waals surface area contributed by atoms with E-state index in [1.807, 2.05) is 18.2 Å². The zero-order valence-corrected chi connectivity index (χ0v) is 9.70. The number of hydrogen-bond acceptors (Lipinski definition) is 4. The number of anilines is 1. The van der Waals surface area contributed by atoms with Crippen molar-refractivity contribution in [3.8, 4) is 0 Å². The molecule has 2 heterocycles. The maximum Gasteiger partial charge on any atom is 0.240 e. The van der Waals surface area contributed by atoms with Crippen molar-refractivity contribution >= 4 is 23.6 Å². The lowest BCUT2D eigenvalue weighted by Gasteiger charge is -2.06. The molecule has 1 aliphatic rings. The molecule has 0 radical (unpaired) electrons. The van der Waals surface area contributed by atoms with E-state index in [2.05, 4.69) is 26.6 Å². The first-order valence-corrected chi connectivity index (χ1v) is 6.12. The summed E-state index contributed by atoms with van der Waals surface area (Å²) >= 11 is 1.59. The fourth-order valence-corrected chi connectivity index (χ4v) is 2.99. The average Bonchev–Trinajstić information content (AvgIpc) is 2.96. The molecule has 3 rings (SSSR count). The van der Waals surface area contributed by atoms with Crippen LogP contribution >= 0.6 is 11.8 Å². The molecular formula is C11H10N4OS. The van der Waals surface area contributed by atoms with Gasteiger partial charge in [-0.2, -0.15) is 10.1 Å². The van der Waals surface area contributed by atoms with Crippen LogP contribution in [0.2, 0.25) is 0 Å². The van der Waals surface area contributed by atoms with E-state index in [9.17, 15) is 4.79 Å². The Labute approximate surface area is 102 Å². The van der Waals surface area contributed by atoms with Gasteiger partial charge in [0.05, 0.1) is 5.25 Å². The Morgan fingerprint density at radius 3 is 3.12 bits per heavy atom. The number of nitrogens with one attached hydrogen (secondary N) is 2. The second kappa shape index (κ2) is 4.21. The molecule has 1 aromatic carbocycles. The number of aromatic amines is 1. The quantitative estimate of drug-likeness (QED) is 0.841. The number of carbonyl (C=O) groups is 1. The van der Waals surface area contributed by atoms with Crippen LogP contribution in [0.5, 0.6) is 0 Å². The largest absolute Gasteiger partial charge is 0.294 e. The molecule has 0 saturated carbocycles. The number of amides is 1. The number of rotatable bonds is 2. The third-order valence-corrected chi connectivity index (χ3v) is 3.91. The number of carbonyl (C=O) groups excluding carboxylic acids is 1. The van der Waals surface area contributed by atoms with Gasteiger partial charge in [0.1, 0.15) is 6.33 Å². The minimum Gasteiger partial charge on any atom is -0.294 e. The number of hydrogen-bond donors (Lipinski definition) is 2. The molecule has 5 nitrogen and oxygen atoms in total. The molecule has 0 unspecified atom stereocenters. The van der Waals surface area contributed by atoms with Crippen LogP contribution in [0.3, 0.4) is 0 Å². The maximum atomic E-state index is 12.0. The Bertz CT molecular complexity index is 515. The highest BCUT2D eigenvalue weighted by molar-refractivity contribution is 8.01. The van der Waals surface area contributed by atoms with Crippen molar-refractivity contribution in [2.75, 3.05) is 5.32 Å². The van der Waals surface area contributed by atoms with E-state index >= 15 is 0 Å². The third kappa shape index (κ3) is 2.03. The highest BCUT2D eigenvalue weighted by atomic mass is 32.2. The van der Waals surface area contributed by atoms with Crippen LogP contribution in [0.4, 0.5) is 5.95 Å². The fourth-order valence-electron chi connectivity index (χ4n) is 1.79. The molecule has 2 aromatic rings. The van der Waals surface area contributed by atoms with Crippen molar-refractivity contribution in [1.29, 1.82) is 0 Å². The number of aromatic nitrogens is 3. The second-order valence-corrected chi connectivity index (χ2v) is 4.99. The second-order valence-electron chi connectivity index (χ2n) is 3.74. The number of fused-ring (bicyclic) bond motifs is 1. The third-order valence-electron chi connectivity index (χ3n) is 2.60. The summed E-state index contributed by atoms with van der Waals surface area (Å²) in [4.78, 5) is 17.0. The summed E-state index contributed by atoms with van der Waals surface area (Å²) in [6, 6.07) is 8.09. The molecule has 6 heteroatoms. The van der Waals surface area contributed by atoms with E-state index in [0.717, 1.165) is 6.42 Å². The minimum absolute atomic E-state index is 0.0389. The van der Waals surface area contributed by atoms with Gasteiger partial charge in [-0.25, -0.2) is 5.10 Å². The minimum atomic E-state index is -0.0856. The SMILES string of the molecule is O=C(Nc1ncn[nH]1)[C@@H]1Cc2ccccc2S1. The molecular weight excluding hydrogens is 236 g/mol. The molecule has 86 valence electrons. The lowest BCUT2D eigenvalue weighted by Crippen LogP contribution is -2.25. The van der Waals surface area contributed by atoms with Crippen LogP contribution in [0.15, 0.2) is 35.5 Å². The van der Waals surface area contributed by atoms with Gasteiger partial charge in [0.2, 0.25) is 11.9 Å². The Morgan fingerprint density at radius 2 is 2.35 bits per heavy atom. The zero-order valence-electron chi connectivity index (χ0n) is 8.88. The Kier molecular flexibility index (Phi) is 2.56. The van der Waals surface area contributed by atoms with Gasteiger partial charge in [0.15, 0.2) is 0 Å². The summed E-state index contributed by atoms with van der Waals surface area (Å²) in [6.07, 6.45) is 2.13. The van der Waals surface area contributed by atoms with Crippen molar-refractivity contribution in [2.24, 2.45) is 0 Å². The van der Waals surface area contributed by atoms with Crippen LogP contribution in [0.25, 0.3) is 0 Å². The molecule has 0 aliphatic carbocycles.